The van der Waals surface area contributed by atoms with Gasteiger partial charge in [-0.2, -0.15) is 0 Å². The Hall–Kier alpha value is -3.15. The summed E-state index contributed by atoms with van der Waals surface area (Å²) in [6.45, 7) is 5.24. The molecular weight excluding hydrogens is 320 g/mol. The second-order valence-corrected chi connectivity index (χ2v) is 5.34. The van der Waals surface area contributed by atoms with Gasteiger partial charge in [0.2, 0.25) is 0 Å². The fraction of sp³-hybridized carbons (Fsp3) is 0.211. The third-order valence-corrected chi connectivity index (χ3v) is 3.44. The number of hydrogen-bond donors (Lipinski definition) is 1. The summed E-state index contributed by atoms with van der Waals surface area (Å²) in [6, 6.07) is 7.69. The molecular formula is C19H20N2O4. The van der Waals surface area contributed by atoms with E-state index in [2.05, 4.69) is 16.9 Å². The normalized spacial score (nSPS) is 11.3. The van der Waals surface area contributed by atoms with E-state index in [1.807, 2.05) is 6.07 Å². The number of carbonyl (C=O) groups is 2. The predicted molar refractivity (Wildman–Crippen MR) is 93.7 cm³/mol. The van der Waals surface area contributed by atoms with Gasteiger partial charge in [0.1, 0.15) is 6.04 Å². The molecule has 25 heavy (non-hydrogen) atoms. The summed E-state index contributed by atoms with van der Waals surface area (Å²) in [7, 11) is 1.50. The summed E-state index contributed by atoms with van der Waals surface area (Å²) in [5.74, 6) is -0.251. The van der Waals surface area contributed by atoms with Crippen molar-refractivity contribution in [3.8, 4) is 11.5 Å². The fourth-order valence-electron chi connectivity index (χ4n) is 2.12. The standard InChI is InChI=1S/C19H20N2O4/c1-4-6-14-8-9-16(17(11-14)24-3)25-19(23)13(2)21-18(22)15-7-5-10-20-12-15/h4-5,7-13H,1,6H2,2-3H3,(H,21,22). The number of rotatable bonds is 7. The number of carbonyl (C=O) groups excluding carboxylic acids is 2. The van der Waals surface area contributed by atoms with E-state index in [-0.39, 0.29) is 0 Å². The maximum absolute atomic E-state index is 12.2. The van der Waals surface area contributed by atoms with Crippen LogP contribution in [0.1, 0.15) is 22.8 Å². The van der Waals surface area contributed by atoms with Gasteiger partial charge in [-0.05, 0) is 43.2 Å². The van der Waals surface area contributed by atoms with Gasteiger partial charge in [0.05, 0.1) is 12.7 Å². The van der Waals surface area contributed by atoms with E-state index in [0.29, 0.717) is 23.5 Å². The Kier molecular flexibility index (Phi) is 6.28. The minimum absolute atomic E-state index is 0.294. The van der Waals surface area contributed by atoms with Crippen molar-refractivity contribution >= 4 is 11.9 Å². The number of esters is 1. The Morgan fingerprint density at radius 3 is 2.76 bits per heavy atom. The molecule has 0 aliphatic rings. The molecule has 0 saturated heterocycles. The van der Waals surface area contributed by atoms with Crippen molar-refractivity contribution in [2.24, 2.45) is 0 Å². The Labute approximate surface area is 146 Å². The molecule has 2 aromatic rings. The zero-order valence-corrected chi connectivity index (χ0v) is 14.2. The molecule has 2 rings (SSSR count). The van der Waals surface area contributed by atoms with E-state index >= 15 is 0 Å². The van der Waals surface area contributed by atoms with Crippen molar-refractivity contribution in [3.05, 3.63) is 66.5 Å². The van der Waals surface area contributed by atoms with Crippen LogP contribution in [0.2, 0.25) is 0 Å². The minimum Gasteiger partial charge on any atom is -0.493 e. The number of pyridine rings is 1. The zero-order valence-electron chi connectivity index (χ0n) is 14.2. The van der Waals surface area contributed by atoms with Gasteiger partial charge in [-0.1, -0.05) is 12.1 Å². The number of hydrogen-bond acceptors (Lipinski definition) is 5. The summed E-state index contributed by atoms with van der Waals surface area (Å²) in [5, 5.41) is 2.58. The van der Waals surface area contributed by atoms with Gasteiger partial charge in [0.15, 0.2) is 11.5 Å². The molecule has 1 N–H and O–H groups in total. The number of nitrogens with zero attached hydrogens (tertiary/aromatic N) is 1. The maximum Gasteiger partial charge on any atom is 0.333 e. The highest BCUT2D eigenvalue weighted by molar-refractivity contribution is 5.96. The van der Waals surface area contributed by atoms with Gasteiger partial charge < -0.3 is 14.8 Å². The number of aromatic nitrogens is 1. The Morgan fingerprint density at radius 1 is 1.32 bits per heavy atom. The molecule has 6 heteroatoms. The van der Waals surface area contributed by atoms with Crippen LogP contribution in [0.3, 0.4) is 0 Å². The third-order valence-electron chi connectivity index (χ3n) is 3.44. The second kappa shape index (κ2) is 8.63. The van der Waals surface area contributed by atoms with Crippen molar-refractivity contribution in [3.63, 3.8) is 0 Å². The van der Waals surface area contributed by atoms with Gasteiger partial charge in [-0.3, -0.25) is 9.78 Å². The molecule has 0 spiro atoms. The van der Waals surface area contributed by atoms with E-state index in [1.54, 1.807) is 43.5 Å². The maximum atomic E-state index is 12.2. The first kappa shape index (κ1) is 18.2. The quantitative estimate of drug-likeness (QED) is 0.476. The monoisotopic (exact) mass is 340 g/mol. The minimum atomic E-state index is -0.828. The lowest BCUT2D eigenvalue weighted by atomic mass is 10.1. The highest BCUT2D eigenvalue weighted by Gasteiger charge is 2.20. The molecule has 0 aliphatic carbocycles. The smallest absolute Gasteiger partial charge is 0.333 e. The average molecular weight is 340 g/mol. The lowest BCUT2D eigenvalue weighted by Gasteiger charge is -2.15. The van der Waals surface area contributed by atoms with Gasteiger partial charge in [-0.25, -0.2) is 4.79 Å². The molecule has 1 aromatic heterocycles. The Morgan fingerprint density at radius 2 is 2.12 bits per heavy atom. The molecule has 1 aromatic carbocycles. The Bertz CT molecular complexity index is 759. The third kappa shape index (κ3) is 4.91. The first-order chi connectivity index (χ1) is 12.0. The van der Waals surface area contributed by atoms with Gasteiger partial charge in [0, 0.05) is 12.4 Å². The summed E-state index contributed by atoms with van der Waals surface area (Å²) in [5.41, 5.74) is 1.36. The highest BCUT2D eigenvalue weighted by Crippen LogP contribution is 2.28. The van der Waals surface area contributed by atoms with Crippen LogP contribution in [0.15, 0.2) is 55.4 Å². The van der Waals surface area contributed by atoms with Crippen LogP contribution >= 0.6 is 0 Å². The molecule has 0 fully saturated rings. The molecule has 130 valence electrons. The number of amides is 1. The molecule has 0 bridgehead atoms. The zero-order chi connectivity index (χ0) is 18.2. The van der Waals surface area contributed by atoms with Gasteiger partial charge in [-0.15, -0.1) is 6.58 Å². The van der Waals surface area contributed by atoms with E-state index in [9.17, 15) is 9.59 Å². The van der Waals surface area contributed by atoms with Gasteiger partial charge in [0.25, 0.3) is 5.91 Å². The average Bonchev–Trinajstić information content (AvgIpc) is 2.63. The molecule has 6 nitrogen and oxygen atoms in total. The van der Waals surface area contributed by atoms with E-state index in [1.165, 1.54) is 13.3 Å². The summed E-state index contributed by atoms with van der Waals surface area (Å²) < 4.78 is 10.6. The fourth-order valence-corrected chi connectivity index (χ4v) is 2.12. The van der Waals surface area contributed by atoms with Crippen molar-refractivity contribution < 1.29 is 19.1 Å². The first-order valence-corrected chi connectivity index (χ1v) is 7.75. The van der Waals surface area contributed by atoms with Crippen molar-refractivity contribution in [1.29, 1.82) is 0 Å². The van der Waals surface area contributed by atoms with Crippen LogP contribution in [-0.4, -0.2) is 30.0 Å². The summed E-state index contributed by atoms with van der Waals surface area (Å²) >= 11 is 0. The van der Waals surface area contributed by atoms with Gasteiger partial charge >= 0.3 is 5.97 Å². The molecule has 1 heterocycles. The molecule has 1 atom stereocenters. The van der Waals surface area contributed by atoms with Crippen LogP contribution in [0, 0.1) is 0 Å². The van der Waals surface area contributed by atoms with E-state index in [4.69, 9.17) is 9.47 Å². The van der Waals surface area contributed by atoms with Crippen LogP contribution in [-0.2, 0) is 11.2 Å². The molecule has 0 aliphatic heterocycles. The van der Waals surface area contributed by atoms with Crippen LogP contribution in [0.4, 0.5) is 0 Å². The van der Waals surface area contributed by atoms with Crippen molar-refractivity contribution in [2.75, 3.05) is 7.11 Å². The molecule has 0 saturated carbocycles. The topological polar surface area (TPSA) is 77.5 Å². The molecule has 1 unspecified atom stereocenters. The number of nitrogens with one attached hydrogen (secondary N) is 1. The predicted octanol–water partition coefficient (Wildman–Crippen LogP) is 2.54. The van der Waals surface area contributed by atoms with Crippen LogP contribution in [0.25, 0.3) is 0 Å². The van der Waals surface area contributed by atoms with E-state index in [0.717, 1.165) is 5.56 Å². The SMILES string of the molecule is C=CCc1ccc(OC(=O)C(C)NC(=O)c2cccnc2)c(OC)c1. The number of ether oxygens (including phenoxy) is 2. The Balaban J connectivity index is 2.03. The highest BCUT2D eigenvalue weighted by atomic mass is 16.6. The first-order valence-electron chi connectivity index (χ1n) is 7.75. The van der Waals surface area contributed by atoms with Crippen molar-refractivity contribution in [1.82, 2.24) is 10.3 Å². The number of allylic oxidation sites excluding steroid dienone is 1. The largest absolute Gasteiger partial charge is 0.493 e. The van der Waals surface area contributed by atoms with Crippen LogP contribution < -0.4 is 14.8 Å². The summed E-state index contributed by atoms with van der Waals surface area (Å²) in [6.07, 6.45) is 5.45. The number of methoxy groups -OCH3 is 1. The molecule has 1 amide bonds. The van der Waals surface area contributed by atoms with Crippen molar-refractivity contribution in [2.45, 2.75) is 19.4 Å². The van der Waals surface area contributed by atoms with Crippen LogP contribution in [0.5, 0.6) is 11.5 Å². The second-order valence-electron chi connectivity index (χ2n) is 5.34. The lowest BCUT2D eigenvalue weighted by molar-refractivity contribution is -0.136. The summed E-state index contributed by atoms with van der Waals surface area (Å²) in [4.78, 5) is 28.2. The van der Waals surface area contributed by atoms with E-state index < -0.39 is 17.9 Å². The number of benzene rings is 1. The molecule has 0 radical (unpaired) electrons. The lowest BCUT2D eigenvalue weighted by Crippen LogP contribution is -2.40.